The third kappa shape index (κ3) is 4.00. The van der Waals surface area contributed by atoms with Gasteiger partial charge in [-0.25, -0.2) is 29.4 Å². The summed E-state index contributed by atoms with van der Waals surface area (Å²) in [6.45, 7) is 2.04. The van der Waals surface area contributed by atoms with Crippen LogP contribution in [-0.4, -0.2) is 53.7 Å². The molecule has 1 aliphatic rings. The smallest absolute Gasteiger partial charge is 0.230 e. The molecule has 0 aliphatic carbocycles. The van der Waals surface area contributed by atoms with E-state index in [1.54, 1.807) is 35.4 Å². The van der Waals surface area contributed by atoms with Crippen molar-refractivity contribution in [3.63, 3.8) is 0 Å². The van der Waals surface area contributed by atoms with Gasteiger partial charge >= 0.3 is 0 Å². The minimum atomic E-state index is 0.334. The van der Waals surface area contributed by atoms with Gasteiger partial charge in [-0.05, 0) is 44.1 Å². The van der Waals surface area contributed by atoms with Crippen LogP contribution >= 0.6 is 11.6 Å². The minimum Gasteiger partial charge on any atom is -0.366 e. The number of hydrogen-bond donors (Lipinski definition) is 3. The maximum Gasteiger partial charge on any atom is 0.230 e. The molecule has 11 heteroatoms. The summed E-state index contributed by atoms with van der Waals surface area (Å²) in [4.78, 5) is 21.3. The Morgan fingerprint density at radius 2 is 1.80 bits per heavy atom. The fraction of sp³-hybridized carbons (Fsp3) is 0.263. The van der Waals surface area contributed by atoms with Crippen LogP contribution in [0.2, 0.25) is 5.15 Å². The first-order chi connectivity index (χ1) is 14.7. The van der Waals surface area contributed by atoms with E-state index in [1.807, 2.05) is 12.1 Å². The van der Waals surface area contributed by atoms with E-state index in [1.165, 1.54) is 0 Å². The molecule has 5 heterocycles. The van der Waals surface area contributed by atoms with E-state index in [9.17, 15) is 0 Å². The number of nitrogens with one attached hydrogen (secondary N) is 3. The zero-order valence-corrected chi connectivity index (χ0v) is 16.7. The van der Waals surface area contributed by atoms with Crippen molar-refractivity contribution in [1.82, 2.24) is 39.9 Å². The molecule has 0 atom stereocenters. The van der Waals surface area contributed by atoms with E-state index in [0.717, 1.165) is 48.7 Å². The van der Waals surface area contributed by atoms with Gasteiger partial charge in [0.15, 0.2) is 5.65 Å². The number of piperidine rings is 1. The lowest BCUT2D eigenvalue weighted by Gasteiger charge is -2.24. The van der Waals surface area contributed by atoms with Gasteiger partial charge in [-0.3, -0.25) is 5.32 Å². The Bertz CT molecular complexity index is 1150. The largest absolute Gasteiger partial charge is 0.366 e. The first kappa shape index (κ1) is 18.6. The second-order valence-corrected chi connectivity index (χ2v) is 7.31. The molecule has 0 amide bonds. The van der Waals surface area contributed by atoms with E-state index in [4.69, 9.17) is 16.7 Å². The SMILES string of the molecule is Clc1ccnc(Nc2ncc(-c3cnc4ccc(NC5CCNCC5)nn34)cn2)n1. The summed E-state index contributed by atoms with van der Waals surface area (Å²) in [7, 11) is 0. The standard InChI is InChI=1S/C19H19ClN10/c20-15-5-8-22-19(27-15)28-18-24-9-12(10-25-18)14-11-23-17-2-1-16(29-30(14)17)26-13-3-6-21-7-4-13/h1-2,5,8-11,13,21H,3-4,6-7H2,(H,26,29)(H,22,24,25,27,28). The van der Waals surface area contributed by atoms with Crippen molar-refractivity contribution in [3.8, 4) is 11.3 Å². The second-order valence-electron chi connectivity index (χ2n) is 6.92. The summed E-state index contributed by atoms with van der Waals surface area (Å²) in [6.07, 6.45) is 8.90. The third-order valence-electron chi connectivity index (χ3n) is 4.85. The molecular formula is C19H19ClN10. The molecule has 0 aromatic carbocycles. The number of fused-ring (bicyclic) bond motifs is 1. The summed E-state index contributed by atoms with van der Waals surface area (Å²) in [5.41, 5.74) is 2.37. The predicted octanol–water partition coefficient (Wildman–Crippen LogP) is 2.54. The zero-order valence-electron chi connectivity index (χ0n) is 16.0. The minimum absolute atomic E-state index is 0.334. The first-order valence-electron chi connectivity index (χ1n) is 9.65. The van der Waals surface area contributed by atoms with Crippen LogP contribution in [0, 0.1) is 0 Å². The average molecular weight is 423 g/mol. The molecule has 152 valence electrons. The third-order valence-corrected chi connectivity index (χ3v) is 5.06. The Morgan fingerprint density at radius 3 is 2.60 bits per heavy atom. The van der Waals surface area contributed by atoms with Crippen LogP contribution in [0.3, 0.4) is 0 Å². The highest BCUT2D eigenvalue weighted by molar-refractivity contribution is 6.29. The number of aromatic nitrogens is 7. The van der Waals surface area contributed by atoms with Gasteiger partial charge in [0.2, 0.25) is 11.9 Å². The number of nitrogens with zero attached hydrogens (tertiary/aromatic N) is 7. The van der Waals surface area contributed by atoms with Gasteiger partial charge in [0.25, 0.3) is 0 Å². The first-order valence-corrected chi connectivity index (χ1v) is 10.0. The highest BCUT2D eigenvalue weighted by Gasteiger charge is 2.15. The molecule has 10 nitrogen and oxygen atoms in total. The number of imidazole rings is 1. The molecule has 1 aliphatic heterocycles. The summed E-state index contributed by atoms with van der Waals surface area (Å²) in [5, 5.41) is 14.9. The van der Waals surface area contributed by atoms with Crippen molar-refractivity contribution in [2.24, 2.45) is 0 Å². The molecule has 0 radical (unpaired) electrons. The highest BCUT2D eigenvalue weighted by atomic mass is 35.5. The fourth-order valence-electron chi connectivity index (χ4n) is 3.34. The Kier molecular flexibility index (Phi) is 5.08. The van der Waals surface area contributed by atoms with Crippen LogP contribution in [0.1, 0.15) is 12.8 Å². The summed E-state index contributed by atoms with van der Waals surface area (Å²) < 4.78 is 1.80. The van der Waals surface area contributed by atoms with E-state index >= 15 is 0 Å². The van der Waals surface area contributed by atoms with Crippen LogP contribution in [-0.2, 0) is 0 Å². The van der Waals surface area contributed by atoms with Crippen LogP contribution in [0.25, 0.3) is 16.9 Å². The zero-order chi connectivity index (χ0) is 20.3. The molecule has 0 saturated carbocycles. The van der Waals surface area contributed by atoms with Crippen molar-refractivity contribution >= 4 is 35.0 Å². The van der Waals surface area contributed by atoms with Crippen molar-refractivity contribution in [3.05, 3.63) is 48.1 Å². The molecule has 4 aromatic rings. The maximum absolute atomic E-state index is 5.88. The molecule has 4 aromatic heterocycles. The van der Waals surface area contributed by atoms with Gasteiger partial charge in [-0.2, -0.15) is 0 Å². The van der Waals surface area contributed by atoms with E-state index in [0.29, 0.717) is 23.1 Å². The Balaban J connectivity index is 1.37. The van der Waals surface area contributed by atoms with Crippen LogP contribution in [0.5, 0.6) is 0 Å². The summed E-state index contributed by atoms with van der Waals surface area (Å²) in [6, 6.07) is 5.93. The van der Waals surface area contributed by atoms with Gasteiger partial charge in [-0.1, -0.05) is 11.6 Å². The molecule has 0 spiro atoms. The Labute approximate surface area is 177 Å². The molecule has 0 unspecified atom stereocenters. The molecule has 0 bridgehead atoms. The lowest BCUT2D eigenvalue weighted by molar-refractivity contribution is 0.477. The lowest BCUT2D eigenvalue weighted by Crippen LogP contribution is -2.35. The van der Waals surface area contributed by atoms with Crippen molar-refractivity contribution in [2.75, 3.05) is 23.7 Å². The lowest BCUT2D eigenvalue weighted by atomic mass is 10.1. The summed E-state index contributed by atoms with van der Waals surface area (Å²) in [5.74, 6) is 1.53. The van der Waals surface area contributed by atoms with Crippen molar-refractivity contribution in [1.29, 1.82) is 0 Å². The van der Waals surface area contributed by atoms with E-state index in [2.05, 4.69) is 40.9 Å². The molecule has 3 N–H and O–H groups in total. The second kappa shape index (κ2) is 8.17. The van der Waals surface area contributed by atoms with Crippen LogP contribution in [0.4, 0.5) is 17.7 Å². The molecule has 1 fully saturated rings. The molecule has 30 heavy (non-hydrogen) atoms. The Morgan fingerprint density at radius 1 is 0.967 bits per heavy atom. The topological polar surface area (TPSA) is 118 Å². The van der Waals surface area contributed by atoms with Crippen LogP contribution in [0.15, 0.2) is 43.0 Å². The van der Waals surface area contributed by atoms with Gasteiger partial charge in [0, 0.05) is 30.2 Å². The number of anilines is 3. The molecule has 1 saturated heterocycles. The van der Waals surface area contributed by atoms with E-state index in [-0.39, 0.29) is 0 Å². The predicted molar refractivity (Wildman–Crippen MR) is 114 cm³/mol. The van der Waals surface area contributed by atoms with Crippen molar-refractivity contribution < 1.29 is 0 Å². The van der Waals surface area contributed by atoms with E-state index < -0.39 is 0 Å². The maximum atomic E-state index is 5.88. The monoisotopic (exact) mass is 422 g/mol. The quantitative estimate of drug-likeness (QED) is 0.417. The fourth-order valence-corrected chi connectivity index (χ4v) is 3.48. The highest BCUT2D eigenvalue weighted by Crippen LogP contribution is 2.21. The Hall–Kier alpha value is -3.37. The number of halogens is 1. The van der Waals surface area contributed by atoms with Crippen LogP contribution < -0.4 is 16.0 Å². The number of rotatable bonds is 5. The van der Waals surface area contributed by atoms with Gasteiger partial charge in [0.1, 0.15) is 11.0 Å². The van der Waals surface area contributed by atoms with Gasteiger partial charge in [-0.15, -0.1) is 5.10 Å². The normalized spacial score (nSPS) is 14.7. The van der Waals surface area contributed by atoms with Gasteiger partial charge < -0.3 is 10.6 Å². The number of hydrogen-bond acceptors (Lipinski definition) is 9. The average Bonchev–Trinajstić information content (AvgIpc) is 3.18. The molecular weight excluding hydrogens is 404 g/mol. The molecule has 5 rings (SSSR count). The van der Waals surface area contributed by atoms with Gasteiger partial charge in [0.05, 0.1) is 11.9 Å². The van der Waals surface area contributed by atoms with Crippen molar-refractivity contribution in [2.45, 2.75) is 18.9 Å². The summed E-state index contributed by atoms with van der Waals surface area (Å²) >= 11 is 5.88.